The largest absolute Gasteiger partial charge is 0.455 e. The summed E-state index contributed by atoms with van der Waals surface area (Å²) in [6.45, 7) is 20.7. The number of hydrogen-bond donors (Lipinski definition) is 2. The van der Waals surface area contributed by atoms with Gasteiger partial charge in [-0.25, -0.2) is 24.0 Å². The maximum absolute atomic E-state index is 11.5. The molecule has 7 saturated heterocycles. The molecular formula is C58H82O17. The maximum Gasteiger partial charge on any atom is 0.334 e. The average Bonchev–Trinajstić information content (AvgIpc) is 4.22. The molecule has 0 bridgehead atoms. The highest BCUT2D eigenvalue weighted by molar-refractivity contribution is 5.92. The number of hydrogen-bond acceptors (Lipinski definition) is 17. The van der Waals surface area contributed by atoms with E-state index in [0.717, 1.165) is 148 Å². The Bertz CT molecular complexity index is 2090. The van der Waals surface area contributed by atoms with Crippen molar-refractivity contribution in [3.8, 4) is 0 Å². The third kappa shape index (κ3) is 13.4. The number of carbonyl (C=O) groups is 5. The molecule has 2 N–H and O–H groups in total. The minimum atomic E-state index is -0.619. The predicted octanol–water partition coefficient (Wildman–Crippen LogP) is 8.40. The Hall–Kier alpha value is -4.23. The number of esters is 5. The number of carbonyl (C=O) groups excluding carboxylic acids is 5. The molecule has 7 heterocycles. The summed E-state index contributed by atoms with van der Waals surface area (Å²) >= 11 is 0. The molecule has 17 heteroatoms. The van der Waals surface area contributed by atoms with Crippen molar-refractivity contribution in [3.63, 3.8) is 0 Å². The van der Waals surface area contributed by atoms with Gasteiger partial charge in [-0.05, 0) is 122 Å². The van der Waals surface area contributed by atoms with Crippen LogP contribution in [0.2, 0.25) is 0 Å². The zero-order valence-corrected chi connectivity index (χ0v) is 44.4. The molecule has 0 aromatic carbocycles. The summed E-state index contributed by atoms with van der Waals surface area (Å²) in [5.74, 6) is -1.66. The lowest BCUT2D eigenvalue weighted by atomic mass is 9.79. The van der Waals surface area contributed by atoms with Crippen molar-refractivity contribution in [2.75, 3.05) is 26.9 Å². The smallest absolute Gasteiger partial charge is 0.334 e. The summed E-state index contributed by atoms with van der Waals surface area (Å²) in [5.41, 5.74) is 0.988. The summed E-state index contributed by atoms with van der Waals surface area (Å²) < 4.78 is 55.3. The summed E-state index contributed by atoms with van der Waals surface area (Å²) in [4.78, 5) is 56.5. The van der Waals surface area contributed by atoms with E-state index < -0.39 is 11.7 Å². The lowest BCUT2D eigenvalue weighted by molar-refractivity contribution is -0.205. The molecule has 12 rings (SSSR count). The van der Waals surface area contributed by atoms with Gasteiger partial charge in [0.15, 0.2) is 12.1 Å². The molecule has 416 valence electrons. The molecule has 5 unspecified atom stereocenters. The van der Waals surface area contributed by atoms with Gasteiger partial charge in [0, 0.05) is 86.5 Å². The van der Waals surface area contributed by atoms with Crippen LogP contribution in [-0.2, 0) is 71.3 Å². The fraction of sp³-hybridized carbons (Fsp3) is 0.741. The molecular weight excluding hydrogens is 969 g/mol. The van der Waals surface area contributed by atoms with Crippen molar-refractivity contribution in [2.24, 2.45) is 0 Å². The van der Waals surface area contributed by atoms with Crippen LogP contribution < -0.4 is 0 Å². The van der Waals surface area contributed by atoms with Gasteiger partial charge in [-0.3, -0.25) is 0 Å². The van der Waals surface area contributed by atoms with Crippen LogP contribution in [0, 0.1) is 0 Å². The number of methoxy groups -OCH3 is 1. The van der Waals surface area contributed by atoms with Gasteiger partial charge in [0.1, 0.15) is 28.0 Å². The van der Waals surface area contributed by atoms with Crippen LogP contribution in [-0.4, -0.2) is 131 Å². The van der Waals surface area contributed by atoms with Gasteiger partial charge in [0.2, 0.25) is 0 Å². The summed E-state index contributed by atoms with van der Waals surface area (Å²) in [6.07, 6.45) is 23.8. The number of aliphatic hydroxyl groups is 2. The quantitative estimate of drug-likeness (QED) is 0.154. The van der Waals surface area contributed by atoms with E-state index in [1.807, 2.05) is 0 Å². The van der Waals surface area contributed by atoms with Gasteiger partial charge in [-0.2, -0.15) is 0 Å². The molecule has 17 nitrogen and oxygen atoms in total. The zero-order chi connectivity index (χ0) is 53.7. The zero-order valence-electron chi connectivity index (χ0n) is 44.4. The van der Waals surface area contributed by atoms with E-state index in [9.17, 15) is 34.2 Å². The highest BCUT2D eigenvalue weighted by Crippen LogP contribution is 2.49. The van der Waals surface area contributed by atoms with Crippen LogP contribution in [0.5, 0.6) is 0 Å². The first-order chi connectivity index (χ1) is 35.7. The average molecular weight is 1050 g/mol. The van der Waals surface area contributed by atoms with E-state index >= 15 is 0 Å². The van der Waals surface area contributed by atoms with Crippen LogP contribution in [0.15, 0.2) is 60.8 Å². The Kier molecular flexibility index (Phi) is 18.1. The van der Waals surface area contributed by atoms with Crippen molar-refractivity contribution >= 4 is 29.8 Å². The Labute approximate surface area is 442 Å². The first kappa shape index (κ1) is 57.0. The van der Waals surface area contributed by atoms with E-state index in [0.29, 0.717) is 73.2 Å². The van der Waals surface area contributed by atoms with E-state index in [1.165, 1.54) is 6.42 Å². The molecule has 0 radical (unpaired) electrons. The predicted molar refractivity (Wildman–Crippen MR) is 271 cm³/mol. The van der Waals surface area contributed by atoms with E-state index in [-0.39, 0.29) is 82.6 Å². The minimum Gasteiger partial charge on any atom is -0.455 e. The number of rotatable bonds is 3. The second-order valence-corrected chi connectivity index (χ2v) is 23.2. The Morgan fingerprint density at radius 1 is 0.453 bits per heavy atom. The molecule has 75 heavy (non-hydrogen) atoms. The van der Waals surface area contributed by atoms with Crippen LogP contribution in [0.1, 0.15) is 180 Å². The summed E-state index contributed by atoms with van der Waals surface area (Å²) in [6, 6.07) is 0. The van der Waals surface area contributed by atoms with Gasteiger partial charge >= 0.3 is 29.8 Å². The highest BCUT2D eigenvalue weighted by Gasteiger charge is 2.53. The molecule has 6 spiro atoms. The molecule has 12 aliphatic rings. The van der Waals surface area contributed by atoms with Crippen LogP contribution in [0.3, 0.4) is 0 Å². The maximum atomic E-state index is 11.5. The third-order valence-corrected chi connectivity index (χ3v) is 17.6. The van der Waals surface area contributed by atoms with Crippen molar-refractivity contribution < 1.29 is 81.6 Å². The van der Waals surface area contributed by atoms with Gasteiger partial charge in [-0.15, -0.1) is 0 Å². The number of ether oxygens (including phenoxy) is 10. The molecule has 0 aromatic heterocycles. The SMILES string of the molecule is C=C1CC2(CCC(O)CC2)OC1=O.C=C1CC2(CCC(OC3CCCCO3)CC2)OC1=O.C=C1CC2(CCC3(CC2)OCCO3)OC1=O.C=C1CC2(CCCCC2O)OC1=O.C=C1CC2(CCCCC2OC)OC1=O. The molecule has 0 amide bonds. The first-order valence-corrected chi connectivity index (χ1v) is 27.7. The van der Waals surface area contributed by atoms with Gasteiger partial charge in [0.05, 0.1) is 37.6 Å². The minimum absolute atomic E-state index is 0.0195. The third-order valence-electron chi connectivity index (χ3n) is 17.6. The normalized spacial score (nSPS) is 33.5. The Morgan fingerprint density at radius 3 is 1.33 bits per heavy atom. The van der Waals surface area contributed by atoms with E-state index in [1.54, 1.807) is 7.11 Å². The molecule has 5 atom stereocenters. The Balaban J connectivity index is 0.000000126. The van der Waals surface area contributed by atoms with Gasteiger partial charge in [-0.1, -0.05) is 45.7 Å². The molecule has 0 aromatic rings. The molecule has 5 saturated carbocycles. The molecule has 12 fully saturated rings. The second-order valence-electron chi connectivity index (χ2n) is 23.2. The van der Waals surface area contributed by atoms with E-state index in [2.05, 4.69) is 32.9 Å². The van der Waals surface area contributed by atoms with Crippen LogP contribution in [0.4, 0.5) is 0 Å². The van der Waals surface area contributed by atoms with Crippen LogP contribution in [0.25, 0.3) is 0 Å². The summed E-state index contributed by atoms with van der Waals surface area (Å²) in [5, 5.41) is 19.1. The topological polar surface area (TPSA) is 218 Å². The van der Waals surface area contributed by atoms with Crippen LogP contribution >= 0.6 is 0 Å². The van der Waals surface area contributed by atoms with Crippen molar-refractivity contribution in [2.45, 2.75) is 244 Å². The molecule has 5 aliphatic carbocycles. The monoisotopic (exact) mass is 1050 g/mol. The fourth-order valence-corrected chi connectivity index (χ4v) is 13.2. The molecule has 7 aliphatic heterocycles. The van der Waals surface area contributed by atoms with Crippen molar-refractivity contribution in [1.82, 2.24) is 0 Å². The van der Waals surface area contributed by atoms with E-state index in [4.69, 9.17) is 47.4 Å². The number of aliphatic hydroxyl groups excluding tert-OH is 2. The standard InChI is InChI=1S/C15H22O4.C12H16O4.C11H16O3.2C10H14O3/c1-11-10-15(19-14(11)16)7-5-12(6-8-15)18-13-4-2-3-9-17-13;1-9-8-11(16-10(9)13)2-4-12(5-3-11)14-6-7-15-12;1-8-7-11(14-10(8)12)6-4-3-5-9(11)13-2;1-7-6-10(13-9(7)12)4-2-8(11)3-5-10;1-7-6-10(13-9(7)12)5-3-2-4-8(10)11/h12-13H,1-10H2;1-8H2;9H,1,3-7H2,2H3;2*8,11H,1-6H2. The van der Waals surface area contributed by atoms with Gasteiger partial charge < -0.3 is 57.6 Å². The Morgan fingerprint density at radius 2 is 0.893 bits per heavy atom. The second kappa shape index (κ2) is 23.8. The first-order valence-electron chi connectivity index (χ1n) is 27.7. The van der Waals surface area contributed by atoms with Crippen molar-refractivity contribution in [1.29, 1.82) is 0 Å². The fourth-order valence-electron chi connectivity index (χ4n) is 13.2. The van der Waals surface area contributed by atoms with Gasteiger partial charge in [0.25, 0.3) is 0 Å². The lowest BCUT2D eigenvalue weighted by Gasteiger charge is -2.40. The highest BCUT2D eigenvalue weighted by atomic mass is 16.7. The summed E-state index contributed by atoms with van der Waals surface area (Å²) in [7, 11) is 1.69. The lowest BCUT2D eigenvalue weighted by Crippen LogP contribution is -2.45. The van der Waals surface area contributed by atoms with Crippen molar-refractivity contribution in [3.05, 3.63) is 60.8 Å².